The summed E-state index contributed by atoms with van der Waals surface area (Å²) in [7, 11) is 0. The zero-order valence-corrected chi connectivity index (χ0v) is 13.5. The molecule has 1 aromatic carbocycles. The van der Waals surface area contributed by atoms with Gasteiger partial charge in [0.1, 0.15) is 0 Å². The number of hydrogen-bond donors (Lipinski definition) is 1. The Kier molecular flexibility index (Phi) is 5.74. The van der Waals surface area contributed by atoms with Gasteiger partial charge in [0, 0.05) is 17.5 Å². The van der Waals surface area contributed by atoms with Crippen LogP contribution in [0.15, 0.2) is 29.6 Å². The minimum atomic E-state index is 0.613. The Balaban J connectivity index is 2.05. The zero-order chi connectivity index (χ0) is 14.4. The lowest BCUT2D eigenvalue weighted by Crippen LogP contribution is -2.25. The second-order valence-electron chi connectivity index (χ2n) is 5.39. The van der Waals surface area contributed by atoms with Crippen LogP contribution in [0, 0.1) is 19.8 Å². The summed E-state index contributed by atoms with van der Waals surface area (Å²) >= 11 is 1.79. The predicted octanol–water partition coefficient (Wildman–Crippen LogP) is 3.77. The molecule has 0 radical (unpaired) electrons. The highest BCUT2D eigenvalue weighted by atomic mass is 32.1. The molecule has 1 heterocycles. The van der Waals surface area contributed by atoms with Gasteiger partial charge in [0.05, 0.1) is 5.01 Å². The molecular weight excluding hydrogens is 264 g/mol. The van der Waals surface area contributed by atoms with Crippen molar-refractivity contribution in [1.29, 1.82) is 0 Å². The number of hydrogen-bond acceptors (Lipinski definition) is 3. The van der Waals surface area contributed by atoms with Crippen LogP contribution in [0.4, 0.5) is 0 Å². The minimum Gasteiger partial charge on any atom is -0.317 e. The van der Waals surface area contributed by atoms with Crippen LogP contribution in [-0.4, -0.2) is 18.1 Å². The van der Waals surface area contributed by atoms with Crippen molar-refractivity contribution in [2.75, 3.05) is 13.1 Å². The van der Waals surface area contributed by atoms with E-state index in [-0.39, 0.29) is 0 Å². The second-order valence-corrected chi connectivity index (χ2v) is 6.33. The third kappa shape index (κ3) is 4.43. The average molecular weight is 288 g/mol. The molecule has 1 aromatic heterocycles. The second kappa shape index (κ2) is 7.55. The van der Waals surface area contributed by atoms with Crippen molar-refractivity contribution in [3.05, 3.63) is 51.5 Å². The number of nitrogens with zero attached hydrogens (tertiary/aromatic N) is 1. The van der Waals surface area contributed by atoms with Gasteiger partial charge in [0.15, 0.2) is 0 Å². The fourth-order valence-electron chi connectivity index (χ4n) is 2.46. The maximum Gasteiger partial charge on any atom is 0.0931 e. The highest BCUT2D eigenvalue weighted by Gasteiger charge is 2.13. The molecule has 2 aromatic rings. The maximum absolute atomic E-state index is 4.61. The molecule has 0 fully saturated rings. The van der Waals surface area contributed by atoms with Crippen molar-refractivity contribution >= 4 is 11.3 Å². The summed E-state index contributed by atoms with van der Waals surface area (Å²) in [5.41, 5.74) is 4.00. The molecule has 1 N–H and O–H groups in total. The molecule has 3 heteroatoms. The lowest BCUT2D eigenvalue weighted by molar-refractivity contribution is 0.476. The van der Waals surface area contributed by atoms with Crippen LogP contribution in [0.2, 0.25) is 0 Å². The van der Waals surface area contributed by atoms with E-state index in [1.165, 1.54) is 16.1 Å². The smallest absolute Gasteiger partial charge is 0.0931 e. The molecule has 0 spiro atoms. The molecule has 1 atom stereocenters. The summed E-state index contributed by atoms with van der Waals surface area (Å²) in [6.07, 6.45) is 2.19. The highest BCUT2D eigenvalue weighted by molar-refractivity contribution is 7.09. The van der Waals surface area contributed by atoms with Gasteiger partial charge in [-0.15, -0.1) is 11.3 Å². The first kappa shape index (κ1) is 15.2. The molecule has 2 rings (SSSR count). The van der Waals surface area contributed by atoms with Crippen LogP contribution >= 0.6 is 11.3 Å². The Labute approximate surface area is 126 Å². The Morgan fingerprint density at radius 1 is 1.20 bits per heavy atom. The number of aryl methyl sites for hydroxylation is 2. The van der Waals surface area contributed by atoms with Gasteiger partial charge in [0.2, 0.25) is 0 Å². The van der Waals surface area contributed by atoms with Gasteiger partial charge in [0.25, 0.3) is 0 Å². The minimum absolute atomic E-state index is 0.613. The Hall–Kier alpha value is -1.19. The van der Waals surface area contributed by atoms with E-state index in [0.717, 1.165) is 31.6 Å². The van der Waals surface area contributed by atoms with Crippen molar-refractivity contribution in [3.8, 4) is 0 Å². The van der Waals surface area contributed by atoms with Crippen LogP contribution in [0.3, 0.4) is 0 Å². The SMILES string of the molecule is CCNCC(Cc1nc(C)cs1)Cc1ccccc1C. The van der Waals surface area contributed by atoms with Gasteiger partial charge in [-0.3, -0.25) is 0 Å². The van der Waals surface area contributed by atoms with Crippen molar-refractivity contribution in [2.45, 2.75) is 33.6 Å². The van der Waals surface area contributed by atoms with Gasteiger partial charge < -0.3 is 5.32 Å². The van der Waals surface area contributed by atoms with E-state index in [1.54, 1.807) is 11.3 Å². The van der Waals surface area contributed by atoms with Gasteiger partial charge in [-0.1, -0.05) is 31.2 Å². The topological polar surface area (TPSA) is 24.9 Å². The van der Waals surface area contributed by atoms with Crippen LogP contribution in [0.25, 0.3) is 0 Å². The van der Waals surface area contributed by atoms with Crippen molar-refractivity contribution in [2.24, 2.45) is 5.92 Å². The molecule has 0 saturated heterocycles. The van der Waals surface area contributed by atoms with Crippen LogP contribution in [0.1, 0.15) is 28.8 Å². The summed E-state index contributed by atoms with van der Waals surface area (Å²) < 4.78 is 0. The molecular formula is C17H24N2S. The number of thiazole rings is 1. The molecule has 0 aliphatic heterocycles. The van der Waals surface area contributed by atoms with Crippen molar-refractivity contribution < 1.29 is 0 Å². The van der Waals surface area contributed by atoms with Crippen molar-refractivity contribution in [1.82, 2.24) is 10.3 Å². The molecule has 0 aliphatic rings. The largest absolute Gasteiger partial charge is 0.317 e. The lowest BCUT2D eigenvalue weighted by atomic mass is 9.93. The van der Waals surface area contributed by atoms with Crippen LogP contribution in [0.5, 0.6) is 0 Å². The van der Waals surface area contributed by atoms with E-state index >= 15 is 0 Å². The number of aromatic nitrogens is 1. The van der Waals surface area contributed by atoms with Gasteiger partial charge in [-0.05, 0) is 50.4 Å². The van der Waals surface area contributed by atoms with Gasteiger partial charge in [-0.25, -0.2) is 4.98 Å². The molecule has 0 saturated carbocycles. The summed E-state index contributed by atoms with van der Waals surface area (Å²) in [5, 5.41) is 6.90. The van der Waals surface area contributed by atoms with E-state index in [2.05, 4.69) is 60.7 Å². The first-order valence-electron chi connectivity index (χ1n) is 7.35. The molecule has 2 nitrogen and oxygen atoms in total. The van der Waals surface area contributed by atoms with E-state index in [0.29, 0.717) is 5.92 Å². The van der Waals surface area contributed by atoms with E-state index in [9.17, 15) is 0 Å². The van der Waals surface area contributed by atoms with E-state index in [1.807, 2.05) is 0 Å². The van der Waals surface area contributed by atoms with Gasteiger partial charge >= 0.3 is 0 Å². The highest BCUT2D eigenvalue weighted by Crippen LogP contribution is 2.19. The zero-order valence-electron chi connectivity index (χ0n) is 12.6. The number of nitrogens with one attached hydrogen (secondary N) is 1. The van der Waals surface area contributed by atoms with Crippen molar-refractivity contribution in [3.63, 3.8) is 0 Å². The molecule has 20 heavy (non-hydrogen) atoms. The Morgan fingerprint density at radius 3 is 2.65 bits per heavy atom. The van der Waals surface area contributed by atoms with Crippen LogP contribution < -0.4 is 5.32 Å². The standard InChI is InChI=1S/C17H24N2S/c1-4-18-11-15(10-17-19-14(3)12-20-17)9-16-8-6-5-7-13(16)2/h5-8,12,15,18H,4,9-11H2,1-3H3. The third-order valence-electron chi connectivity index (χ3n) is 3.58. The molecule has 0 amide bonds. The summed E-state index contributed by atoms with van der Waals surface area (Å²) in [6.45, 7) is 8.52. The number of rotatable bonds is 7. The van der Waals surface area contributed by atoms with Gasteiger partial charge in [-0.2, -0.15) is 0 Å². The molecule has 1 unspecified atom stereocenters. The molecule has 108 valence electrons. The quantitative estimate of drug-likeness (QED) is 0.839. The van der Waals surface area contributed by atoms with E-state index < -0.39 is 0 Å². The summed E-state index contributed by atoms with van der Waals surface area (Å²) in [5.74, 6) is 0.613. The number of benzene rings is 1. The van der Waals surface area contributed by atoms with E-state index in [4.69, 9.17) is 0 Å². The third-order valence-corrected chi connectivity index (χ3v) is 4.57. The first-order valence-corrected chi connectivity index (χ1v) is 8.23. The molecule has 0 bridgehead atoms. The summed E-state index contributed by atoms with van der Waals surface area (Å²) in [4.78, 5) is 4.61. The Bertz CT molecular complexity index is 533. The monoisotopic (exact) mass is 288 g/mol. The fraction of sp³-hybridized carbons (Fsp3) is 0.471. The van der Waals surface area contributed by atoms with Crippen LogP contribution in [-0.2, 0) is 12.8 Å². The molecule has 0 aliphatic carbocycles. The fourth-order valence-corrected chi connectivity index (χ4v) is 3.35. The average Bonchev–Trinajstić information content (AvgIpc) is 2.84. The maximum atomic E-state index is 4.61. The Morgan fingerprint density at radius 2 is 2.00 bits per heavy atom. The predicted molar refractivity (Wildman–Crippen MR) is 87.5 cm³/mol. The first-order chi connectivity index (χ1) is 9.69. The lowest BCUT2D eigenvalue weighted by Gasteiger charge is -2.17. The summed E-state index contributed by atoms with van der Waals surface area (Å²) in [6, 6.07) is 8.71. The normalized spacial score (nSPS) is 12.6.